The monoisotopic (exact) mass is 210 g/mol. The molecule has 0 aromatic carbocycles. The zero-order valence-corrected chi connectivity index (χ0v) is 10.3. The Bertz CT molecular complexity index is 185. The molecule has 0 aromatic rings. The van der Waals surface area contributed by atoms with Gasteiger partial charge in [0.2, 0.25) is 0 Å². The molecule has 1 saturated carbocycles. The van der Waals surface area contributed by atoms with Crippen LogP contribution in [0.3, 0.4) is 0 Å². The van der Waals surface area contributed by atoms with Gasteiger partial charge in [0.05, 0.1) is 0 Å². The third-order valence-corrected chi connectivity index (χ3v) is 4.19. The van der Waals surface area contributed by atoms with Crippen molar-refractivity contribution in [3.05, 3.63) is 0 Å². The van der Waals surface area contributed by atoms with Gasteiger partial charge in [-0.05, 0) is 32.6 Å². The maximum atomic E-state index is 3.73. The van der Waals surface area contributed by atoms with E-state index in [1.54, 1.807) is 0 Å². The second-order valence-corrected chi connectivity index (χ2v) is 5.55. The van der Waals surface area contributed by atoms with E-state index in [9.17, 15) is 0 Å². The fourth-order valence-electron chi connectivity index (χ4n) is 3.12. The van der Waals surface area contributed by atoms with Gasteiger partial charge >= 0.3 is 0 Å². The Hall–Kier alpha value is -0.0800. The first kappa shape index (κ1) is 11.4. The highest BCUT2D eigenvalue weighted by Gasteiger charge is 2.28. The van der Waals surface area contributed by atoms with Gasteiger partial charge in [0.25, 0.3) is 0 Å². The summed E-state index contributed by atoms with van der Waals surface area (Å²) < 4.78 is 0. The van der Waals surface area contributed by atoms with Gasteiger partial charge in [-0.1, -0.05) is 19.3 Å². The van der Waals surface area contributed by atoms with E-state index in [1.807, 2.05) is 0 Å². The van der Waals surface area contributed by atoms with Gasteiger partial charge < -0.3 is 5.32 Å². The summed E-state index contributed by atoms with van der Waals surface area (Å²) in [4.78, 5) is 2.63. The van der Waals surface area contributed by atoms with Crippen LogP contribution in [0.2, 0.25) is 0 Å². The highest BCUT2D eigenvalue weighted by Crippen LogP contribution is 2.27. The van der Waals surface area contributed by atoms with Crippen LogP contribution in [0.4, 0.5) is 0 Å². The number of hydrogen-bond acceptors (Lipinski definition) is 2. The lowest BCUT2D eigenvalue weighted by atomic mass is 9.83. The molecule has 1 unspecified atom stereocenters. The molecule has 2 fully saturated rings. The lowest BCUT2D eigenvalue weighted by Gasteiger charge is -2.41. The number of rotatable bonds is 2. The van der Waals surface area contributed by atoms with Crippen LogP contribution in [0.1, 0.15) is 46.0 Å². The van der Waals surface area contributed by atoms with Crippen molar-refractivity contribution in [1.29, 1.82) is 0 Å². The van der Waals surface area contributed by atoms with Crippen molar-refractivity contribution >= 4 is 0 Å². The molecule has 1 heterocycles. The summed E-state index contributed by atoms with van der Waals surface area (Å²) in [5.74, 6) is 0.959. The minimum absolute atomic E-state index is 0.721. The minimum Gasteiger partial charge on any atom is -0.311 e. The third kappa shape index (κ3) is 2.94. The minimum atomic E-state index is 0.721. The Morgan fingerprint density at radius 2 is 1.87 bits per heavy atom. The lowest BCUT2D eigenvalue weighted by molar-refractivity contribution is 0.121. The molecule has 1 saturated heterocycles. The molecule has 0 aromatic heterocycles. The highest BCUT2D eigenvalue weighted by molar-refractivity contribution is 4.86. The molecule has 1 aliphatic carbocycles. The average Bonchev–Trinajstić information content (AvgIpc) is 2.30. The van der Waals surface area contributed by atoms with Crippen molar-refractivity contribution in [2.45, 2.75) is 58.0 Å². The molecule has 88 valence electrons. The van der Waals surface area contributed by atoms with E-state index in [-0.39, 0.29) is 0 Å². The van der Waals surface area contributed by atoms with Crippen molar-refractivity contribution in [1.82, 2.24) is 10.2 Å². The van der Waals surface area contributed by atoms with Crippen LogP contribution in [0.5, 0.6) is 0 Å². The molecule has 0 amide bonds. The highest BCUT2D eigenvalue weighted by atomic mass is 15.2. The van der Waals surface area contributed by atoms with Crippen LogP contribution < -0.4 is 5.32 Å². The molecule has 2 aliphatic rings. The van der Waals surface area contributed by atoms with Gasteiger partial charge in [0.1, 0.15) is 0 Å². The fourth-order valence-corrected chi connectivity index (χ4v) is 3.12. The number of nitrogens with zero attached hydrogens (tertiary/aromatic N) is 1. The van der Waals surface area contributed by atoms with Gasteiger partial charge in [-0.3, -0.25) is 4.90 Å². The summed E-state index contributed by atoms with van der Waals surface area (Å²) >= 11 is 0. The SMILES string of the molecule is CC(C)N1CCNC(C2CCCCC2)C1. The van der Waals surface area contributed by atoms with E-state index in [1.165, 1.54) is 51.7 Å². The average molecular weight is 210 g/mol. The summed E-state index contributed by atoms with van der Waals surface area (Å²) in [6.07, 6.45) is 7.32. The first-order chi connectivity index (χ1) is 7.27. The maximum Gasteiger partial charge on any atom is 0.0223 e. The third-order valence-electron chi connectivity index (χ3n) is 4.19. The Morgan fingerprint density at radius 3 is 2.53 bits per heavy atom. The van der Waals surface area contributed by atoms with Crippen LogP contribution >= 0.6 is 0 Å². The second kappa shape index (κ2) is 5.31. The number of piperazine rings is 1. The van der Waals surface area contributed by atoms with Crippen LogP contribution in [0, 0.1) is 5.92 Å². The largest absolute Gasteiger partial charge is 0.311 e. The molecule has 2 rings (SSSR count). The van der Waals surface area contributed by atoms with Gasteiger partial charge in [-0.2, -0.15) is 0 Å². The van der Waals surface area contributed by atoms with Gasteiger partial charge in [-0.25, -0.2) is 0 Å². The quantitative estimate of drug-likeness (QED) is 0.752. The van der Waals surface area contributed by atoms with E-state index in [4.69, 9.17) is 0 Å². The van der Waals surface area contributed by atoms with Crippen molar-refractivity contribution < 1.29 is 0 Å². The predicted octanol–water partition coefficient (Wildman–Crippen LogP) is 2.25. The van der Waals surface area contributed by atoms with Gasteiger partial charge in [0, 0.05) is 31.7 Å². The standard InChI is InChI=1S/C13H26N2/c1-11(2)15-9-8-14-13(10-15)12-6-4-3-5-7-12/h11-14H,3-10H2,1-2H3. The summed E-state index contributed by atoms with van der Waals surface area (Å²) in [5.41, 5.74) is 0. The summed E-state index contributed by atoms with van der Waals surface area (Å²) in [6, 6.07) is 1.50. The van der Waals surface area contributed by atoms with E-state index >= 15 is 0 Å². The zero-order chi connectivity index (χ0) is 10.7. The molecule has 1 N–H and O–H groups in total. The normalized spacial score (nSPS) is 31.0. The van der Waals surface area contributed by atoms with E-state index in [0.29, 0.717) is 0 Å². The Morgan fingerprint density at radius 1 is 1.13 bits per heavy atom. The van der Waals surface area contributed by atoms with E-state index in [0.717, 1.165) is 18.0 Å². The fraction of sp³-hybridized carbons (Fsp3) is 1.00. The van der Waals surface area contributed by atoms with Crippen LogP contribution in [-0.2, 0) is 0 Å². The molecule has 0 spiro atoms. The predicted molar refractivity (Wildman–Crippen MR) is 65.1 cm³/mol. The van der Waals surface area contributed by atoms with Crippen molar-refractivity contribution in [3.8, 4) is 0 Å². The summed E-state index contributed by atoms with van der Waals surface area (Å²) in [5, 5.41) is 3.73. The van der Waals surface area contributed by atoms with Crippen LogP contribution in [0.25, 0.3) is 0 Å². The molecule has 1 aliphatic heterocycles. The van der Waals surface area contributed by atoms with Crippen molar-refractivity contribution in [2.75, 3.05) is 19.6 Å². The maximum absolute atomic E-state index is 3.73. The Labute approximate surface area is 94.4 Å². The second-order valence-electron chi connectivity index (χ2n) is 5.55. The van der Waals surface area contributed by atoms with Crippen molar-refractivity contribution in [3.63, 3.8) is 0 Å². The van der Waals surface area contributed by atoms with Crippen LogP contribution in [-0.4, -0.2) is 36.6 Å². The van der Waals surface area contributed by atoms with Gasteiger partial charge in [0.15, 0.2) is 0 Å². The summed E-state index contributed by atoms with van der Waals surface area (Å²) in [7, 11) is 0. The Balaban J connectivity index is 1.85. The molecular formula is C13H26N2. The molecule has 2 nitrogen and oxygen atoms in total. The smallest absolute Gasteiger partial charge is 0.0223 e. The van der Waals surface area contributed by atoms with Gasteiger partial charge in [-0.15, -0.1) is 0 Å². The lowest BCUT2D eigenvalue weighted by Crippen LogP contribution is -2.55. The zero-order valence-electron chi connectivity index (χ0n) is 10.3. The summed E-state index contributed by atoms with van der Waals surface area (Å²) in [6.45, 7) is 8.36. The molecule has 1 atom stereocenters. The first-order valence-electron chi connectivity index (χ1n) is 6.75. The van der Waals surface area contributed by atoms with Crippen LogP contribution in [0.15, 0.2) is 0 Å². The molecule has 15 heavy (non-hydrogen) atoms. The first-order valence-corrected chi connectivity index (χ1v) is 6.75. The Kier molecular flexibility index (Phi) is 4.04. The molecule has 0 radical (unpaired) electrons. The number of nitrogens with one attached hydrogen (secondary N) is 1. The molecular weight excluding hydrogens is 184 g/mol. The van der Waals surface area contributed by atoms with Crippen molar-refractivity contribution in [2.24, 2.45) is 5.92 Å². The van der Waals surface area contributed by atoms with E-state index < -0.39 is 0 Å². The molecule has 2 heteroatoms. The number of hydrogen-bond donors (Lipinski definition) is 1. The molecule has 0 bridgehead atoms. The van der Waals surface area contributed by atoms with E-state index in [2.05, 4.69) is 24.1 Å². The topological polar surface area (TPSA) is 15.3 Å².